The molecule has 2 aliphatic heterocycles. The van der Waals surface area contributed by atoms with E-state index in [9.17, 15) is 14.6 Å². The Morgan fingerprint density at radius 2 is 2.04 bits per heavy atom. The number of alkyl halides is 1. The number of aliphatic hydroxyl groups excluding tert-OH is 1. The highest BCUT2D eigenvalue weighted by molar-refractivity contribution is 5.09. The number of nitrogens with one attached hydrogen (secondary N) is 5. The fourth-order valence-electron chi connectivity index (χ4n) is 3.87. The second kappa shape index (κ2) is 9.36. The first kappa shape index (κ1) is 19.2. The Hall–Kier alpha value is -0.610. The van der Waals surface area contributed by atoms with Gasteiger partial charge in [0, 0.05) is 32.1 Å². The van der Waals surface area contributed by atoms with Gasteiger partial charge in [0.1, 0.15) is 6.17 Å². The van der Waals surface area contributed by atoms with Gasteiger partial charge in [0.2, 0.25) is 0 Å². The zero-order chi connectivity index (χ0) is 17.6. The lowest BCUT2D eigenvalue weighted by Gasteiger charge is -2.40. The fraction of sp³-hybridized carbons (Fsp3) is 0.882. The van der Waals surface area contributed by atoms with Gasteiger partial charge in [-0.2, -0.15) is 0 Å². The second-order valence-electron chi connectivity index (χ2n) is 7.41. The molecular weight excluding hydrogens is 325 g/mol. The van der Waals surface area contributed by atoms with Crippen molar-refractivity contribution in [1.82, 2.24) is 26.6 Å². The van der Waals surface area contributed by atoms with Crippen molar-refractivity contribution >= 4 is 0 Å². The predicted octanol–water partition coefficient (Wildman–Crippen LogP) is -0.905. The van der Waals surface area contributed by atoms with Crippen molar-refractivity contribution in [3.8, 4) is 0 Å². The molecule has 3 rings (SSSR count). The van der Waals surface area contributed by atoms with Crippen LogP contribution in [0.3, 0.4) is 0 Å². The molecule has 2 fully saturated rings. The van der Waals surface area contributed by atoms with Crippen molar-refractivity contribution in [2.24, 2.45) is 5.92 Å². The third kappa shape index (κ3) is 5.96. The molecule has 3 aliphatic rings. The van der Waals surface area contributed by atoms with Gasteiger partial charge in [-0.05, 0) is 32.1 Å². The molecule has 0 aromatic carbocycles. The number of halogens is 1. The molecule has 0 amide bonds. The van der Waals surface area contributed by atoms with Crippen molar-refractivity contribution in [2.45, 2.75) is 63.1 Å². The van der Waals surface area contributed by atoms with E-state index in [1.165, 1.54) is 5.57 Å². The average molecular weight is 357 g/mol. The first-order valence-electron chi connectivity index (χ1n) is 9.48. The van der Waals surface area contributed by atoms with Crippen molar-refractivity contribution in [3.63, 3.8) is 0 Å². The maximum absolute atomic E-state index is 13.2. The van der Waals surface area contributed by atoms with Gasteiger partial charge in [-0.15, -0.1) is 0 Å². The summed E-state index contributed by atoms with van der Waals surface area (Å²) in [5.74, 6) is -0.177. The van der Waals surface area contributed by atoms with Gasteiger partial charge >= 0.3 is 0 Å². The molecule has 8 heteroatoms. The van der Waals surface area contributed by atoms with E-state index in [0.29, 0.717) is 32.2 Å². The van der Waals surface area contributed by atoms with Crippen LogP contribution in [0.1, 0.15) is 32.1 Å². The SMILES string of the molecule is OC(O)C1CC(NCC2=CC[C@@H](F)CC2)NC(N[C@H]2CNCCN2)C1. The Morgan fingerprint density at radius 3 is 2.72 bits per heavy atom. The smallest absolute Gasteiger partial charge is 0.154 e. The molecule has 2 heterocycles. The molecule has 0 bridgehead atoms. The summed E-state index contributed by atoms with van der Waals surface area (Å²) in [5.41, 5.74) is 1.24. The van der Waals surface area contributed by atoms with E-state index in [-0.39, 0.29) is 24.4 Å². The fourth-order valence-corrected chi connectivity index (χ4v) is 3.87. The largest absolute Gasteiger partial charge is 0.368 e. The zero-order valence-electron chi connectivity index (χ0n) is 14.7. The molecule has 5 atom stereocenters. The van der Waals surface area contributed by atoms with Gasteiger partial charge in [-0.25, -0.2) is 4.39 Å². The predicted molar refractivity (Wildman–Crippen MR) is 94.3 cm³/mol. The zero-order valence-corrected chi connectivity index (χ0v) is 14.7. The van der Waals surface area contributed by atoms with E-state index in [4.69, 9.17) is 0 Å². The molecule has 0 aromatic heterocycles. The third-order valence-electron chi connectivity index (χ3n) is 5.36. The highest BCUT2D eigenvalue weighted by Gasteiger charge is 2.32. The first-order valence-corrected chi connectivity index (χ1v) is 9.48. The van der Waals surface area contributed by atoms with Crippen LogP contribution in [0, 0.1) is 5.92 Å². The highest BCUT2D eigenvalue weighted by atomic mass is 19.1. The molecule has 0 spiro atoms. The lowest BCUT2D eigenvalue weighted by Crippen LogP contribution is -2.65. The van der Waals surface area contributed by atoms with E-state index in [1.54, 1.807) is 0 Å². The van der Waals surface area contributed by atoms with Crippen LogP contribution < -0.4 is 26.6 Å². The van der Waals surface area contributed by atoms with Gasteiger partial charge in [0.25, 0.3) is 0 Å². The molecule has 0 radical (unpaired) electrons. The molecular formula is C17H32FN5O2. The van der Waals surface area contributed by atoms with Gasteiger partial charge < -0.3 is 15.5 Å². The molecule has 7 nitrogen and oxygen atoms in total. The van der Waals surface area contributed by atoms with Crippen LogP contribution in [0.5, 0.6) is 0 Å². The number of hydrogen-bond donors (Lipinski definition) is 7. The van der Waals surface area contributed by atoms with Crippen molar-refractivity contribution in [1.29, 1.82) is 0 Å². The third-order valence-corrected chi connectivity index (χ3v) is 5.36. The minimum Gasteiger partial charge on any atom is -0.368 e. The minimum atomic E-state index is -1.31. The topological polar surface area (TPSA) is 101 Å². The molecule has 1 aliphatic carbocycles. The summed E-state index contributed by atoms with van der Waals surface area (Å²) in [6, 6.07) is 0. The van der Waals surface area contributed by atoms with E-state index in [2.05, 4.69) is 26.6 Å². The first-order chi connectivity index (χ1) is 12.1. The standard InChI is InChI=1S/C17H32FN5O2/c18-13-3-1-11(2-4-13)9-21-14-7-12(17(24)25)8-15(22-14)23-16-10-19-5-6-20-16/h1,12-17,19-25H,2-10H2/t12?,13-,14?,15?,16+/m1/s1. The van der Waals surface area contributed by atoms with Crippen LogP contribution in [0.25, 0.3) is 0 Å². The molecule has 0 saturated carbocycles. The normalized spacial score (nSPS) is 37.1. The highest BCUT2D eigenvalue weighted by Crippen LogP contribution is 2.23. The van der Waals surface area contributed by atoms with Gasteiger partial charge in [-0.3, -0.25) is 21.3 Å². The molecule has 0 aromatic rings. The van der Waals surface area contributed by atoms with Gasteiger partial charge in [-0.1, -0.05) is 11.6 Å². The summed E-state index contributed by atoms with van der Waals surface area (Å²) in [6.07, 6.45) is 3.40. The molecule has 144 valence electrons. The van der Waals surface area contributed by atoms with Gasteiger partial charge in [0.15, 0.2) is 6.29 Å². The van der Waals surface area contributed by atoms with Crippen LogP contribution in [-0.4, -0.2) is 67.4 Å². The van der Waals surface area contributed by atoms with E-state index < -0.39 is 12.5 Å². The van der Waals surface area contributed by atoms with Crippen LogP contribution in [0.2, 0.25) is 0 Å². The quantitative estimate of drug-likeness (QED) is 0.244. The molecule has 7 N–H and O–H groups in total. The van der Waals surface area contributed by atoms with Crippen molar-refractivity contribution in [3.05, 3.63) is 11.6 Å². The summed E-state index contributed by atoms with van der Waals surface area (Å²) in [5, 5.41) is 36.5. The van der Waals surface area contributed by atoms with E-state index in [0.717, 1.165) is 26.1 Å². The summed E-state index contributed by atoms with van der Waals surface area (Å²) in [6.45, 7) is 3.45. The maximum Gasteiger partial charge on any atom is 0.154 e. The molecule has 25 heavy (non-hydrogen) atoms. The summed E-state index contributed by atoms with van der Waals surface area (Å²) in [7, 11) is 0. The Kier molecular flexibility index (Phi) is 7.18. The van der Waals surface area contributed by atoms with Crippen LogP contribution in [-0.2, 0) is 0 Å². The Labute approximate surface area is 148 Å². The number of rotatable bonds is 6. The number of hydrogen-bond acceptors (Lipinski definition) is 7. The monoisotopic (exact) mass is 357 g/mol. The van der Waals surface area contributed by atoms with E-state index in [1.807, 2.05) is 6.08 Å². The van der Waals surface area contributed by atoms with Gasteiger partial charge in [0.05, 0.1) is 18.5 Å². The lowest BCUT2D eigenvalue weighted by molar-refractivity contribution is -0.102. The van der Waals surface area contributed by atoms with Crippen LogP contribution >= 0.6 is 0 Å². The minimum absolute atomic E-state index is 0.00130. The van der Waals surface area contributed by atoms with Crippen LogP contribution in [0.15, 0.2) is 11.6 Å². The summed E-state index contributed by atoms with van der Waals surface area (Å²) < 4.78 is 13.2. The average Bonchev–Trinajstić information content (AvgIpc) is 2.62. The molecule has 2 saturated heterocycles. The lowest BCUT2D eigenvalue weighted by atomic mass is 9.92. The number of allylic oxidation sites excluding steroid dienone is 1. The number of aliphatic hydroxyl groups is 2. The number of piperidine rings is 1. The Balaban J connectivity index is 1.50. The van der Waals surface area contributed by atoms with Crippen LogP contribution in [0.4, 0.5) is 4.39 Å². The Morgan fingerprint density at radius 1 is 1.20 bits per heavy atom. The maximum atomic E-state index is 13.2. The second-order valence-corrected chi connectivity index (χ2v) is 7.41. The number of piperazine rings is 1. The summed E-state index contributed by atoms with van der Waals surface area (Å²) in [4.78, 5) is 0. The van der Waals surface area contributed by atoms with Crippen molar-refractivity contribution < 1.29 is 14.6 Å². The van der Waals surface area contributed by atoms with E-state index >= 15 is 0 Å². The molecule has 3 unspecified atom stereocenters. The Bertz CT molecular complexity index is 445. The summed E-state index contributed by atoms with van der Waals surface area (Å²) >= 11 is 0. The van der Waals surface area contributed by atoms with Crippen molar-refractivity contribution in [2.75, 3.05) is 26.2 Å².